The van der Waals surface area contributed by atoms with Gasteiger partial charge < -0.3 is 9.88 Å². The van der Waals surface area contributed by atoms with E-state index in [4.69, 9.17) is 0 Å². The summed E-state index contributed by atoms with van der Waals surface area (Å²) in [5, 5.41) is 0. The number of pyridine rings is 1. The lowest BCUT2D eigenvalue weighted by Crippen LogP contribution is -2.34. The summed E-state index contributed by atoms with van der Waals surface area (Å²) in [5.41, 5.74) is 1.27. The van der Waals surface area contributed by atoms with Crippen LogP contribution >= 0.6 is 0 Å². The maximum absolute atomic E-state index is 12.4. The quantitative estimate of drug-likeness (QED) is 0.912. The average molecular weight is 286 g/mol. The molecule has 2 heterocycles. The van der Waals surface area contributed by atoms with Gasteiger partial charge >= 0.3 is 0 Å². The molecule has 2 aromatic rings. The van der Waals surface area contributed by atoms with Gasteiger partial charge in [0.05, 0.1) is 5.69 Å². The van der Waals surface area contributed by atoms with Gasteiger partial charge in [-0.1, -0.05) is 0 Å². The highest BCUT2D eigenvalue weighted by molar-refractivity contribution is 5.94. The number of carbonyl (C=O) groups excluding carboxylic acids is 1. The molecule has 0 saturated carbocycles. The Kier molecular flexibility index (Phi) is 4.47. The normalized spacial score (nSPS) is 10.4. The number of amides is 1. The number of nitrogens with zero attached hydrogens (tertiary/aromatic N) is 3. The molecule has 110 valence electrons. The molecule has 1 N–H and O–H groups in total. The summed E-state index contributed by atoms with van der Waals surface area (Å²) in [7, 11) is 1.68. The van der Waals surface area contributed by atoms with Crippen molar-refractivity contribution < 1.29 is 4.79 Å². The number of aromatic nitrogens is 3. The lowest BCUT2D eigenvalue weighted by Gasteiger charge is -2.17. The minimum atomic E-state index is -0.388. The number of aryl methyl sites for hydroxylation is 2. The summed E-state index contributed by atoms with van der Waals surface area (Å²) in [5.74, 6) is 0.198. The molecule has 0 aliphatic heterocycles. The third kappa shape index (κ3) is 3.53. The fraction of sp³-hybridized carbons (Fsp3) is 0.333. The third-order valence-corrected chi connectivity index (χ3v) is 3.26. The molecule has 0 aliphatic rings. The highest BCUT2D eigenvalue weighted by Crippen LogP contribution is 2.05. The Bertz CT molecular complexity index is 695. The van der Waals surface area contributed by atoms with Crippen LogP contribution in [-0.4, -0.2) is 39.4 Å². The van der Waals surface area contributed by atoms with Crippen LogP contribution in [0.25, 0.3) is 0 Å². The maximum atomic E-state index is 12.4. The van der Waals surface area contributed by atoms with Crippen molar-refractivity contribution in [1.29, 1.82) is 0 Å². The van der Waals surface area contributed by atoms with Crippen molar-refractivity contribution in [3.63, 3.8) is 0 Å². The van der Waals surface area contributed by atoms with Crippen molar-refractivity contribution in [1.82, 2.24) is 19.9 Å². The number of rotatable bonds is 4. The first-order chi connectivity index (χ1) is 9.99. The molecule has 2 rings (SSSR count). The SMILES string of the molecule is Cc1nc(C)c(C(=O)N(C)CCc2ccncc2)c(=O)[nH]1. The zero-order chi connectivity index (χ0) is 15.4. The van der Waals surface area contributed by atoms with E-state index in [1.54, 1.807) is 33.3 Å². The molecule has 21 heavy (non-hydrogen) atoms. The largest absolute Gasteiger partial charge is 0.341 e. The lowest BCUT2D eigenvalue weighted by atomic mass is 10.1. The number of carbonyl (C=O) groups is 1. The molecule has 0 unspecified atom stereocenters. The first-order valence-electron chi connectivity index (χ1n) is 6.71. The van der Waals surface area contributed by atoms with Crippen LogP contribution in [-0.2, 0) is 6.42 Å². The predicted molar refractivity (Wildman–Crippen MR) is 79.2 cm³/mol. The van der Waals surface area contributed by atoms with Crippen LogP contribution in [0.15, 0.2) is 29.3 Å². The molecule has 0 spiro atoms. The zero-order valence-corrected chi connectivity index (χ0v) is 12.4. The molecule has 0 fully saturated rings. The summed E-state index contributed by atoms with van der Waals surface area (Å²) < 4.78 is 0. The Morgan fingerprint density at radius 3 is 2.57 bits per heavy atom. The van der Waals surface area contributed by atoms with Crippen molar-refractivity contribution in [2.45, 2.75) is 20.3 Å². The van der Waals surface area contributed by atoms with Gasteiger partial charge in [-0.05, 0) is 38.0 Å². The van der Waals surface area contributed by atoms with Crippen molar-refractivity contribution in [2.24, 2.45) is 0 Å². The molecular formula is C15H18N4O2. The van der Waals surface area contributed by atoms with Crippen LogP contribution in [0.1, 0.15) is 27.4 Å². The van der Waals surface area contributed by atoms with E-state index >= 15 is 0 Å². The lowest BCUT2D eigenvalue weighted by molar-refractivity contribution is 0.0793. The number of nitrogens with one attached hydrogen (secondary N) is 1. The summed E-state index contributed by atoms with van der Waals surface area (Å²) in [6.07, 6.45) is 4.15. The molecule has 6 heteroatoms. The molecule has 0 atom stereocenters. The molecule has 2 aromatic heterocycles. The number of aromatic amines is 1. The van der Waals surface area contributed by atoms with Crippen molar-refractivity contribution in [3.8, 4) is 0 Å². The Balaban J connectivity index is 2.11. The number of hydrogen-bond donors (Lipinski definition) is 1. The number of hydrogen-bond acceptors (Lipinski definition) is 4. The fourth-order valence-electron chi connectivity index (χ4n) is 2.12. The van der Waals surface area contributed by atoms with Crippen molar-refractivity contribution in [3.05, 3.63) is 57.5 Å². The van der Waals surface area contributed by atoms with E-state index in [2.05, 4.69) is 15.0 Å². The highest BCUT2D eigenvalue weighted by Gasteiger charge is 2.19. The zero-order valence-electron chi connectivity index (χ0n) is 12.4. The Hall–Kier alpha value is -2.50. The molecule has 0 saturated heterocycles. The molecular weight excluding hydrogens is 268 g/mol. The van der Waals surface area contributed by atoms with Crippen LogP contribution in [0, 0.1) is 13.8 Å². The van der Waals surface area contributed by atoms with Crippen LogP contribution < -0.4 is 5.56 Å². The van der Waals surface area contributed by atoms with Gasteiger partial charge in [-0.3, -0.25) is 14.6 Å². The minimum absolute atomic E-state index is 0.109. The standard InChI is InChI=1S/C15H18N4O2/c1-10-13(14(20)18-11(2)17-10)15(21)19(3)9-6-12-4-7-16-8-5-12/h4-5,7-8H,6,9H2,1-3H3,(H,17,18,20). The van der Waals surface area contributed by atoms with Gasteiger partial charge in [0.25, 0.3) is 11.5 Å². The summed E-state index contributed by atoms with van der Waals surface area (Å²) in [6, 6.07) is 3.81. The molecule has 0 radical (unpaired) electrons. The Labute approximate surface area is 122 Å². The van der Waals surface area contributed by atoms with Crippen molar-refractivity contribution in [2.75, 3.05) is 13.6 Å². The van der Waals surface area contributed by atoms with E-state index in [9.17, 15) is 9.59 Å². The second-order valence-corrected chi connectivity index (χ2v) is 4.94. The minimum Gasteiger partial charge on any atom is -0.341 e. The molecule has 0 bridgehead atoms. The molecule has 0 aromatic carbocycles. The van der Waals surface area contributed by atoms with E-state index < -0.39 is 0 Å². The number of H-pyrrole nitrogens is 1. The molecule has 6 nitrogen and oxygen atoms in total. The predicted octanol–water partition coefficient (Wildman–Crippen LogP) is 1.10. The second-order valence-electron chi connectivity index (χ2n) is 4.94. The smallest absolute Gasteiger partial charge is 0.264 e. The monoisotopic (exact) mass is 286 g/mol. The Morgan fingerprint density at radius 2 is 1.95 bits per heavy atom. The van der Waals surface area contributed by atoms with Gasteiger partial charge in [-0.25, -0.2) is 4.98 Å². The van der Waals surface area contributed by atoms with E-state index in [0.717, 1.165) is 5.56 Å². The van der Waals surface area contributed by atoms with Crippen LogP contribution in [0.5, 0.6) is 0 Å². The topological polar surface area (TPSA) is 79.0 Å². The van der Waals surface area contributed by atoms with Gasteiger partial charge in [0.1, 0.15) is 11.4 Å². The summed E-state index contributed by atoms with van der Waals surface area (Å²) in [6.45, 7) is 3.89. The van der Waals surface area contributed by atoms with E-state index in [1.165, 1.54) is 4.90 Å². The third-order valence-electron chi connectivity index (χ3n) is 3.26. The summed E-state index contributed by atoms with van der Waals surface area (Å²) in [4.78, 5) is 36.5. The summed E-state index contributed by atoms with van der Waals surface area (Å²) >= 11 is 0. The molecule has 0 aliphatic carbocycles. The van der Waals surface area contributed by atoms with Crippen LogP contribution in [0.3, 0.4) is 0 Å². The highest BCUT2D eigenvalue weighted by atomic mass is 16.2. The number of likely N-dealkylation sites (N-methyl/N-ethyl adjacent to an activating group) is 1. The van der Waals surface area contributed by atoms with Gasteiger partial charge in [0.2, 0.25) is 0 Å². The van der Waals surface area contributed by atoms with E-state index in [-0.39, 0.29) is 17.0 Å². The maximum Gasteiger partial charge on any atom is 0.264 e. The van der Waals surface area contributed by atoms with Gasteiger partial charge in [-0.15, -0.1) is 0 Å². The van der Waals surface area contributed by atoms with Crippen LogP contribution in [0.2, 0.25) is 0 Å². The average Bonchev–Trinajstić information content (AvgIpc) is 2.44. The van der Waals surface area contributed by atoms with Crippen LogP contribution in [0.4, 0.5) is 0 Å². The second kappa shape index (κ2) is 6.30. The van der Waals surface area contributed by atoms with Gasteiger partial charge in [-0.2, -0.15) is 0 Å². The van der Waals surface area contributed by atoms with Crippen molar-refractivity contribution >= 4 is 5.91 Å². The Morgan fingerprint density at radius 1 is 1.29 bits per heavy atom. The van der Waals surface area contributed by atoms with E-state index in [1.807, 2.05) is 12.1 Å². The van der Waals surface area contributed by atoms with Gasteiger partial charge in [0, 0.05) is 26.0 Å². The first-order valence-corrected chi connectivity index (χ1v) is 6.71. The first kappa shape index (κ1) is 14.9. The van der Waals surface area contributed by atoms with E-state index in [0.29, 0.717) is 24.5 Å². The molecule has 1 amide bonds. The van der Waals surface area contributed by atoms with Gasteiger partial charge in [0.15, 0.2) is 0 Å². The fourth-order valence-corrected chi connectivity index (χ4v) is 2.12.